The Kier molecular flexibility index (Phi) is 5.80. The van der Waals surface area contributed by atoms with Gasteiger partial charge in [-0.1, -0.05) is 6.92 Å². The van der Waals surface area contributed by atoms with Crippen molar-refractivity contribution >= 4 is 11.8 Å². The van der Waals surface area contributed by atoms with Gasteiger partial charge in [0.25, 0.3) is 0 Å². The van der Waals surface area contributed by atoms with Crippen molar-refractivity contribution in [1.29, 1.82) is 0 Å². The van der Waals surface area contributed by atoms with E-state index in [0.717, 1.165) is 56.6 Å². The Balaban J connectivity index is 1.55. The molecule has 3 aliphatic heterocycles. The van der Waals surface area contributed by atoms with Crippen LogP contribution in [0.5, 0.6) is 0 Å². The van der Waals surface area contributed by atoms with Gasteiger partial charge in [0.2, 0.25) is 5.95 Å². The molecule has 1 atom stereocenters. The molecule has 150 valence electrons. The Labute approximate surface area is 162 Å². The number of aryl methyl sites for hydroxylation is 1. The molecule has 4 rings (SSSR count). The number of rotatable bonds is 5. The molecule has 3 aliphatic rings. The molecule has 3 fully saturated rings. The summed E-state index contributed by atoms with van der Waals surface area (Å²) in [6.45, 7) is 9.36. The van der Waals surface area contributed by atoms with Crippen LogP contribution < -0.4 is 9.80 Å². The first-order valence-corrected chi connectivity index (χ1v) is 10.6. The second-order valence-electron chi connectivity index (χ2n) is 8.25. The fourth-order valence-electron chi connectivity index (χ4n) is 4.44. The van der Waals surface area contributed by atoms with E-state index in [2.05, 4.69) is 27.7 Å². The highest BCUT2D eigenvalue weighted by Gasteiger charge is 2.36. The summed E-state index contributed by atoms with van der Waals surface area (Å²) in [5.74, 6) is 1.77. The van der Waals surface area contributed by atoms with Gasteiger partial charge in [-0.2, -0.15) is 4.98 Å². The normalized spacial score (nSPS) is 27.3. The van der Waals surface area contributed by atoms with E-state index in [1.54, 1.807) is 0 Å². The standard InChI is InChI=1S/C20H33N5O2/c1-2-17-13-18(22-19(21-17)24-9-5-6-10-24)25-11-12-27-16-20(26,15-25)14-23-7-3-4-8-23/h13,26H,2-12,14-16H2,1H3/t20-/m1/s1. The van der Waals surface area contributed by atoms with E-state index in [0.29, 0.717) is 26.3 Å². The average Bonchev–Trinajstić information content (AvgIpc) is 3.34. The van der Waals surface area contributed by atoms with Crippen molar-refractivity contribution in [2.75, 3.05) is 68.8 Å². The van der Waals surface area contributed by atoms with E-state index < -0.39 is 5.60 Å². The molecular weight excluding hydrogens is 342 g/mol. The molecule has 1 aromatic rings. The Morgan fingerprint density at radius 1 is 1.04 bits per heavy atom. The van der Waals surface area contributed by atoms with Gasteiger partial charge in [-0.05, 0) is 45.2 Å². The average molecular weight is 376 g/mol. The molecule has 0 amide bonds. The number of nitrogens with zero attached hydrogens (tertiary/aromatic N) is 5. The highest BCUT2D eigenvalue weighted by Crippen LogP contribution is 2.25. The minimum Gasteiger partial charge on any atom is -0.384 e. The van der Waals surface area contributed by atoms with Crippen LogP contribution in [0, 0.1) is 0 Å². The van der Waals surface area contributed by atoms with E-state index in [1.807, 2.05) is 0 Å². The lowest BCUT2D eigenvalue weighted by Gasteiger charge is -2.34. The summed E-state index contributed by atoms with van der Waals surface area (Å²) in [5.41, 5.74) is 0.210. The van der Waals surface area contributed by atoms with Crippen LogP contribution in [0.3, 0.4) is 0 Å². The fourth-order valence-corrected chi connectivity index (χ4v) is 4.44. The van der Waals surface area contributed by atoms with Crippen molar-refractivity contribution in [2.45, 2.75) is 44.6 Å². The molecule has 0 spiro atoms. The van der Waals surface area contributed by atoms with Crippen LogP contribution in [0.2, 0.25) is 0 Å². The van der Waals surface area contributed by atoms with Crippen molar-refractivity contribution in [1.82, 2.24) is 14.9 Å². The number of ether oxygens (including phenoxy) is 1. The van der Waals surface area contributed by atoms with Gasteiger partial charge in [0.1, 0.15) is 11.4 Å². The predicted octanol–water partition coefficient (Wildman–Crippen LogP) is 1.30. The molecule has 1 N–H and O–H groups in total. The van der Waals surface area contributed by atoms with Gasteiger partial charge < -0.3 is 24.5 Å². The lowest BCUT2D eigenvalue weighted by molar-refractivity contribution is -0.0439. The summed E-state index contributed by atoms with van der Waals surface area (Å²) < 4.78 is 5.79. The van der Waals surface area contributed by atoms with Gasteiger partial charge in [0, 0.05) is 37.9 Å². The first kappa shape index (κ1) is 18.9. The lowest BCUT2D eigenvalue weighted by Crippen LogP contribution is -2.52. The quantitative estimate of drug-likeness (QED) is 0.832. The molecule has 0 radical (unpaired) electrons. The summed E-state index contributed by atoms with van der Waals surface area (Å²) >= 11 is 0. The van der Waals surface area contributed by atoms with Crippen molar-refractivity contribution in [3.63, 3.8) is 0 Å². The first-order valence-electron chi connectivity index (χ1n) is 10.6. The maximum absolute atomic E-state index is 11.3. The highest BCUT2D eigenvalue weighted by atomic mass is 16.5. The van der Waals surface area contributed by atoms with Crippen LogP contribution in [0.15, 0.2) is 6.07 Å². The van der Waals surface area contributed by atoms with Crippen LogP contribution in [0.1, 0.15) is 38.3 Å². The molecule has 27 heavy (non-hydrogen) atoms. The smallest absolute Gasteiger partial charge is 0.227 e. The molecule has 3 saturated heterocycles. The molecule has 7 nitrogen and oxygen atoms in total. The molecule has 7 heteroatoms. The van der Waals surface area contributed by atoms with Crippen LogP contribution in [0.25, 0.3) is 0 Å². The molecular formula is C20H33N5O2. The Hall–Kier alpha value is -1.44. The fraction of sp³-hybridized carbons (Fsp3) is 0.800. The SMILES string of the molecule is CCc1cc(N2CCOC[C@@](O)(CN3CCCC3)C2)nc(N2CCCC2)n1. The molecule has 0 aromatic carbocycles. The van der Waals surface area contributed by atoms with Crippen LogP contribution in [-0.2, 0) is 11.2 Å². The molecule has 4 heterocycles. The number of aliphatic hydroxyl groups is 1. The van der Waals surface area contributed by atoms with Crippen molar-refractivity contribution in [2.24, 2.45) is 0 Å². The van der Waals surface area contributed by atoms with E-state index in [-0.39, 0.29) is 0 Å². The van der Waals surface area contributed by atoms with Crippen molar-refractivity contribution in [3.05, 3.63) is 11.8 Å². The molecule has 0 unspecified atom stereocenters. The van der Waals surface area contributed by atoms with Gasteiger partial charge >= 0.3 is 0 Å². The Morgan fingerprint density at radius 2 is 1.78 bits per heavy atom. The third-order valence-electron chi connectivity index (χ3n) is 5.91. The number of hydrogen-bond acceptors (Lipinski definition) is 7. The van der Waals surface area contributed by atoms with Gasteiger partial charge in [0.15, 0.2) is 0 Å². The second kappa shape index (κ2) is 8.29. The summed E-state index contributed by atoms with van der Waals surface area (Å²) in [6.07, 6.45) is 5.76. The zero-order chi connectivity index (χ0) is 18.7. The van der Waals surface area contributed by atoms with Crippen molar-refractivity contribution < 1.29 is 9.84 Å². The van der Waals surface area contributed by atoms with Gasteiger partial charge in [-0.15, -0.1) is 0 Å². The molecule has 1 aromatic heterocycles. The maximum atomic E-state index is 11.3. The maximum Gasteiger partial charge on any atom is 0.227 e. The summed E-state index contributed by atoms with van der Waals surface area (Å²) in [5, 5.41) is 11.3. The summed E-state index contributed by atoms with van der Waals surface area (Å²) in [6, 6.07) is 2.08. The number of hydrogen-bond donors (Lipinski definition) is 1. The minimum atomic E-state index is -0.855. The van der Waals surface area contributed by atoms with Gasteiger partial charge in [-0.25, -0.2) is 4.98 Å². The molecule has 0 aliphatic carbocycles. The predicted molar refractivity (Wildman–Crippen MR) is 107 cm³/mol. The first-order chi connectivity index (χ1) is 13.1. The van der Waals surface area contributed by atoms with E-state index in [9.17, 15) is 5.11 Å². The monoisotopic (exact) mass is 375 g/mol. The van der Waals surface area contributed by atoms with Gasteiger partial charge in [-0.3, -0.25) is 0 Å². The number of aromatic nitrogens is 2. The topological polar surface area (TPSA) is 65.0 Å². The second-order valence-corrected chi connectivity index (χ2v) is 8.25. The van der Waals surface area contributed by atoms with E-state index in [4.69, 9.17) is 14.7 Å². The molecule has 0 bridgehead atoms. The zero-order valence-electron chi connectivity index (χ0n) is 16.6. The summed E-state index contributed by atoms with van der Waals surface area (Å²) in [4.78, 5) is 16.5. The van der Waals surface area contributed by atoms with Crippen molar-refractivity contribution in [3.8, 4) is 0 Å². The number of β-amino-alcohol motifs (C(OH)–C–C–N with tert-alkyl or cyclic N) is 1. The lowest BCUT2D eigenvalue weighted by atomic mass is 10.0. The van der Waals surface area contributed by atoms with E-state index >= 15 is 0 Å². The van der Waals surface area contributed by atoms with Gasteiger partial charge in [0.05, 0.1) is 19.8 Å². The Bertz CT molecular complexity index is 631. The number of likely N-dealkylation sites (tertiary alicyclic amines) is 1. The summed E-state index contributed by atoms with van der Waals surface area (Å²) in [7, 11) is 0. The van der Waals surface area contributed by atoms with Crippen LogP contribution >= 0.6 is 0 Å². The number of anilines is 2. The zero-order valence-corrected chi connectivity index (χ0v) is 16.6. The third kappa shape index (κ3) is 4.52. The minimum absolute atomic E-state index is 0.394. The van der Waals surface area contributed by atoms with E-state index in [1.165, 1.54) is 25.7 Å². The Morgan fingerprint density at radius 3 is 2.52 bits per heavy atom. The van der Waals surface area contributed by atoms with Crippen LogP contribution in [0.4, 0.5) is 11.8 Å². The highest BCUT2D eigenvalue weighted by molar-refractivity contribution is 5.47. The van der Waals surface area contributed by atoms with Crippen LogP contribution in [-0.4, -0.2) is 84.6 Å². The largest absolute Gasteiger partial charge is 0.384 e. The third-order valence-corrected chi connectivity index (χ3v) is 5.91. The molecule has 0 saturated carbocycles.